The zero-order valence-electron chi connectivity index (χ0n) is 23.3. The van der Waals surface area contributed by atoms with Crippen LogP contribution < -0.4 is 9.47 Å². The lowest BCUT2D eigenvalue weighted by Gasteiger charge is -2.07. The predicted octanol–water partition coefficient (Wildman–Crippen LogP) is 11.8. The molecule has 2 heterocycles. The standard InChI is InChI=1S/C35H40O2S2/c1-3-4-5-6-7-8-9-10-11-12-21-37-31-19-15-27(16-20-31)33-23-29-25-34-28(24-35(29)39-33)22-32(38-34)26-13-17-30(36-2)18-14-26/h13-20,22-25H,3-12,21H2,1-2H3. The predicted molar refractivity (Wildman–Crippen MR) is 172 cm³/mol. The Morgan fingerprint density at radius 2 is 1.00 bits per heavy atom. The largest absolute Gasteiger partial charge is 0.497 e. The zero-order chi connectivity index (χ0) is 26.9. The molecule has 0 bridgehead atoms. The third-order valence-corrected chi connectivity index (χ3v) is 9.73. The summed E-state index contributed by atoms with van der Waals surface area (Å²) in [5, 5.41) is 2.62. The molecule has 204 valence electrons. The third-order valence-electron chi connectivity index (χ3n) is 7.44. The first kappa shape index (κ1) is 27.7. The molecule has 3 aromatic carbocycles. The van der Waals surface area contributed by atoms with Gasteiger partial charge in [0.25, 0.3) is 0 Å². The Kier molecular flexibility index (Phi) is 9.96. The molecule has 0 atom stereocenters. The van der Waals surface area contributed by atoms with E-state index in [1.807, 2.05) is 34.8 Å². The van der Waals surface area contributed by atoms with Gasteiger partial charge in [-0.05, 0) is 101 Å². The average molecular weight is 557 g/mol. The van der Waals surface area contributed by atoms with Crippen LogP contribution in [-0.2, 0) is 0 Å². The molecule has 0 spiro atoms. The van der Waals surface area contributed by atoms with Gasteiger partial charge in [-0.2, -0.15) is 0 Å². The van der Waals surface area contributed by atoms with Crippen LogP contribution in [0.5, 0.6) is 11.5 Å². The first-order valence-corrected chi connectivity index (χ1v) is 16.2. The molecule has 5 rings (SSSR count). The van der Waals surface area contributed by atoms with E-state index in [2.05, 4.69) is 67.6 Å². The Balaban J connectivity index is 1.12. The van der Waals surface area contributed by atoms with E-state index in [1.54, 1.807) is 7.11 Å². The summed E-state index contributed by atoms with van der Waals surface area (Å²) < 4.78 is 14.0. The van der Waals surface area contributed by atoms with E-state index in [1.165, 1.54) is 98.8 Å². The first-order chi connectivity index (χ1) is 19.2. The van der Waals surface area contributed by atoms with Gasteiger partial charge in [-0.25, -0.2) is 0 Å². The monoisotopic (exact) mass is 556 g/mol. The number of methoxy groups -OCH3 is 1. The number of benzene rings is 3. The minimum absolute atomic E-state index is 0.813. The van der Waals surface area contributed by atoms with Gasteiger partial charge in [-0.15, -0.1) is 22.7 Å². The van der Waals surface area contributed by atoms with Crippen LogP contribution in [0.2, 0.25) is 0 Å². The Bertz CT molecular complexity index is 1390. The molecular weight excluding hydrogens is 517 g/mol. The smallest absolute Gasteiger partial charge is 0.119 e. The molecule has 0 unspecified atom stereocenters. The third kappa shape index (κ3) is 7.43. The van der Waals surface area contributed by atoms with Gasteiger partial charge in [0.2, 0.25) is 0 Å². The van der Waals surface area contributed by atoms with Gasteiger partial charge in [0.15, 0.2) is 0 Å². The quantitative estimate of drug-likeness (QED) is 0.119. The van der Waals surface area contributed by atoms with Gasteiger partial charge in [0.05, 0.1) is 13.7 Å². The van der Waals surface area contributed by atoms with Crippen LogP contribution in [0.15, 0.2) is 72.8 Å². The molecule has 2 nitrogen and oxygen atoms in total. The molecule has 0 saturated heterocycles. The van der Waals surface area contributed by atoms with Crippen LogP contribution in [0.3, 0.4) is 0 Å². The lowest BCUT2D eigenvalue weighted by Crippen LogP contribution is -1.97. The Morgan fingerprint density at radius 3 is 1.49 bits per heavy atom. The van der Waals surface area contributed by atoms with Crippen LogP contribution in [0.1, 0.15) is 71.1 Å². The van der Waals surface area contributed by atoms with E-state index < -0.39 is 0 Å². The van der Waals surface area contributed by atoms with E-state index in [0.29, 0.717) is 0 Å². The fraction of sp³-hybridized carbons (Fsp3) is 0.371. The van der Waals surface area contributed by atoms with Crippen molar-refractivity contribution in [3.8, 4) is 32.4 Å². The van der Waals surface area contributed by atoms with Gasteiger partial charge in [-0.3, -0.25) is 0 Å². The van der Waals surface area contributed by atoms with Crippen molar-refractivity contribution in [3.63, 3.8) is 0 Å². The summed E-state index contributed by atoms with van der Waals surface area (Å²) >= 11 is 3.72. The van der Waals surface area contributed by atoms with Crippen LogP contribution in [-0.4, -0.2) is 13.7 Å². The van der Waals surface area contributed by atoms with E-state index in [-0.39, 0.29) is 0 Å². The molecule has 0 aliphatic carbocycles. The van der Waals surface area contributed by atoms with Crippen molar-refractivity contribution in [1.82, 2.24) is 0 Å². The molecule has 0 aliphatic heterocycles. The molecule has 0 N–H and O–H groups in total. The highest BCUT2D eigenvalue weighted by atomic mass is 32.1. The SMILES string of the molecule is CCCCCCCCCCCCOc1ccc(-c2cc3cc4sc(-c5ccc(OC)cc5)cc4cc3s2)cc1. The van der Waals surface area contributed by atoms with Crippen molar-refractivity contribution in [3.05, 3.63) is 72.8 Å². The zero-order valence-corrected chi connectivity index (χ0v) is 25.0. The fourth-order valence-corrected chi connectivity index (χ4v) is 7.30. The van der Waals surface area contributed by atoms with Crippen LogP contribution in [0.4, 0.5) is 0 Å². The van der Waals surface area contributed by atoms with E-state index >= 15 is 0 Å². The normalized spacial score (nSPS) is 11.4. The molecule has 0 fully saturated rings. The highest BCUT2D eigenvalue weighted by molar-refractivity contribution is 7.23. The number of rotatable bonds is 15. The van der Waals surface area contributed by atoms with Crippen molar-refractivity contribution in [1.29, 1.82) is 0 Å². The first-order valence-electron chi connectivity index (χ1n) is 14.6. The maximum Gasteiger partial charge on any atom is 0.119 e. The van der Waals surface area contributed by atoms with Crippen LogP contribution in [0, 0.1) is 0 Å². The minimum Gasteiger partial charge on any atom is -0.497 e. The highest BCUT2D eigenvalue weighted by Gasteiger charge is 2.10. The summed E-state index contributed by atoms with van der Waals surface area (Å²) in [5.74, 6) is 1.86. The molecule has 0 amide bonds. The summed E-state index contributed by atoms with van der Waals surface area (Å²) in [6.45, 7) is 3.09. The van der Waals surface area contributed by atoms with Gasteiger partial charge in [-0.1, -0.05) is 64.7 Å². The average Bonchev–Trinajstić information content (AvgIpc) is 3.58. The molecule has 39 heavy (non-hydrogen) atoms. The highest BCUT2D eigenvalue weighted by Crippen LogP contribution is 2.40. The molecular formula is C35H40O2S2. The minimum atomic E-state index is 0.813. The van der Waals surface area contributed by atoms with E-state index in [0.717, 1.165) is 24.5 Å². The number of hydrogen-bond acceptors (Lipinski definition) is 4. The number of fused-ring (bicyclic) bond motifs is 2. The Morgan fingerprint density at radius 1 is 0.538 bits per heavy atom. The summed E-state index contributed by atoms with van der Waals surface area (Å²) in [4.78, 5) is 2.60. The second-order valence-corrected chi connectivity index (χ2v) is 12.6. The lowest BCUT2D eigenvalue weighted by molar-refractivity contribution is 0.304. The molecule has 4 heteroatoms. The molecule has 0 saturated carbocycles. The summed E-state index contributed by atoms with van der Waals surface area (Å²) in [6, 6.07) is 26.3. The topological polar surface area (TPSA) is 18.5 Å². The van der Waals surface area contributed by atoms with Crippen molar-refractivity contribution in [2.75, 3.05) is 13.7 Å². The fourth-order valence-electron chi connectivity index (χ4n) is 5.11. The van der Waals surface area contributed by atoms with Crippen molar-refractivity contribution in [2.45, 2.75) is 71.1 Å². The summed E-state index contributed by atoms with van der Waals surface area (Å²) in [7, 11) is 1.71. The maximum absolute atomic E-state index is 6.03. The molecule has 5 aromatic rings. The van der Waals surface area contributed by atoms with Gasteiger partial charge in [0, 0.05) is 19.2 Å². The van der Waals surface area contributed by atoms with Crippen molar-refractivity contribution >= 4 is 42.8 Å². The second kappa shape index (κ2) is 14.0. The van der Waals surface area contributed by atoms with Crippen LogP contribution >= 0.6 is 22.7 Å². The van der Waals surface area contributed by atoms with Crippen LogP contribution in [0.25, 0.3) is 41.1 Å². The van der Waals surface area contributed by atoms with Gasteiger partial charge in [0.1, 0.15) is 11.5 Å². The molecule has 2 aromatic heterocycles. The Labute approximate surface area is 241 Å². The van der Waals surface area contributed by atoms with Gasteiger partial charge >= 0.3 is 0 Å². The molecule has 0 radical (unpaired) electrons. The number of ether oxygens (including phenoxy) is 2. The van der Waals surface area contributed by atoms with Crippen molar-refractivity contribution in [2.24, 2.45) is 0 Å². The summed E-state index contributed by atoms with van der Waals surface area (Å²) in [5.41, 5.74) is 2.49. The molecule has 0 aliphatic rings. The Hall–Kier alpha value is -2.82. The van der Waals surface area contributed by atoms with Crippen molar-refractivity contribution < 1.29 is 9.47 Å². The number of unbranched alkanes of at least 4 members (excludes halogenated alkanes) is 9. The summed E-state index contributed by atoms with van der Waals surface area (Å²) in [6.07, 6.45) is 13.5. The van der Waals surface area contributed by atoms with E-state index in [9.17, 15) is 0 Å². The second-order valence-electron chi connectivity index (χ2n) is 10.4. The maximum atomic E-state index is 6.03. The lowest BCUT2D eigenvalue weighted by atomic mass is 10.1. The van der Waals surface area contributed by atoms with E-state index in [4.69, 9.17) is 9.47 Å². The number of hydrogen-bond donors (Lipinski definition) is 0. The van der Waals surface area contributed by atoms with Gasteiger partial charge < -0.3 is 9.47 Å². The number of thiophene rings is 2.